The van der Waals surface area contributed by atoms with E-state index in [-0.39, 0.29) is 18.2 Å². The van der Waals surface area contributed by atoms with Crippen LogP contribution in [0.15, 0.2) is 16.7 Å². The van der Waals surface area contributed by atoms with Crippen LogP contribution in [0.5, 0.6) is 0 Å². The standard InChI is InChI=1S/C13H17BrN2O3/c14-9-7-11(13(18)19)12(15-8-9)16-5-1-3-10(16)4-2-6-17/h7-8,10,17H,1-6H2,(H,18,19). The first kappa shape index (κ1) is 14.3. The molecule has 104 valence electrons. The monoisotopic (exact) mass is 328 g/mol. The van der Waals surface area contributed by atoms with Crippen LogP contribution in [0.3, 0.4) is 0 Å². The zero-order valence-electron chi connectivity index (χ0n) is 10.5. The zero-order chi connectivity index (χ0) is 13.8. The highest BCUT2D eigenvalue weighted by molar-refractivity contribution is 9.10. The number of nitrogens with zero attached hydrogens (tertiary/aromatic N) is 2. The number of hydrogen-bond donors (Lipinski definition) is 2. The molecular weight excluding hydrogens is 312 g/mol. The largest absolute Gasteiger partial charge is 0.478 e. The number of aromatic nitrogens is 1. The van der Waals surface area contributed by atoms with Crippen molar-refractivity contribution < 1.29 is 15.0 Å². The first-order valence-corrected chi connectivity index (χ1v) is 7.19. The van der Waals surface area contributed by atoms with Gasteiger partial charge in [-0.15, -0.1) is 0 Å². The van der Waals surface area contributed by atoms with E-state index in [9.17, 15) is 9.90 Å². The molecule has 6 heteroatoms. The number of carbonyl (C=O) groups is 1. The van der Waals surface area contributed by atoms with E-state index in [1.807, 2.05) is 0 Å². The van der Waals surface area contributed by atoms with Crippen molar-refractivity contribution in [2.75, 3.05) is 18.1 Å². The second kappa shape index (κ2) is 6.34. The first-order valence-electron chi connectivity index (χ1n) is 6.40. The summed E-state index contributed by atoms with van der Waals surface area (Å²) in [6, 6.07) is 1.87. The summed E-state index contributed by atoms with van der Waals surface area (Å²) in [4.78, 5) is 17.7. The average molecular weight is 329 g/mol. The lowest BCUT2D eigenvalue weighted by molar-refractivity contribution is 0.0697. The number of rotatable bonds is 5. The summed E-state index contributed by atoms with van der Waals surface area (Å²) in [7, 11) is 0. The summed E-state index contributed by atoms with van der Waals surface area (Å²) in [6.45, 7) is 0.995. The Kier molecular flexibility index (Phi) is 4.76. The second-order valence-corrected chi connectivity index (χ2v) is 5.60. The quantitative estimate of drug-likeness (QED) is 0.867. The molecule has 1 saturated heterocycles. The molecule has 0 spiro atoms. The Labute approximate surface area is 120 Å². The predicted molar refractivity (Wildman–Crippen MR) is 75.6 cm³/mol. The van der Waals surface area contributed by atoms with E-state index in [1.165, 1.54) is 0 Å². The summed E-state index contributed by atoms with van der Waals surface area (Å²) in [5.74, 6) is -0.423. The number of carboxylic acid groups (broad SMARTS) is 1. The van der Waals surface area contributed by atoms with E-state index >= 15 is 0 Å². The summed E-state index contributed by atoms with van der Waals surface area (Å²) < 4.78 is 0.666. The van der Waals surface area contributed by atoms with E-state index in [0.717, 1.165) is 32.2 Å². The van der Waals surface area contributed by atoms with Crippen LogP contribution in [0.2, 0.25) is 0 Å². The molecule has 1 aliphatic rings. The summed E-state index contributed by atoms with van der Waals surface area (Å²) in [5.41, 5.74) is 0.227. The Bertz CT molecular complexity index is 467. The third-order valence-corrected chi connectivity index (χ3v) is 3.84. The molecule has 1 atom stereocenters. The van der Waals surface area contributed by atoms with Crippen molar-refractivity contribution in [2.24, 2.45) is 0 Å². The van der Waals surface area contributed by atoms with Crippen LogP contribution >= 0.6 is 15.9 Å². The Morgan fingerprint density at radius 3 is 3.05 bits per heavy atom. The van der Waals surface area contributed by atoms with E-state index in [0.29, 0.717) is 10.3 Å². The topological polar surface area (TPSA) is 73.7 Å². The van der Waals surface area contributed by atoms with Gasteiger partial charge >= 0.3 is 5.97 Å². The smallest absolute Gasteiger partial charge is 0.339 e. The Morgan fingerprint density at radius 2 is 2.37 bits per heavy atom. The van der Waals surface area contributed by atoms with Gasteiger partial charge in [0.05, 0.1) is 0 Å². The van der Waals surface area contributed by atoms with Gasteiger partial charge in [0.25, 0.3) is 0 Å². The molecular formula is C13H17BrN2O3. The third kappa shape index (κ3) is 3.25. The third-order valence-electron chi connectivity index (χ3n) is 3.41. The molecule has 1 aromatic heterocycles. The average Bonchev–Trinajstić information content (AvgIpc) is 2.84. The molecule has 2 rings (SSSR count). The van der Waals surface area contributed by atoms with Crippen LogP contribution in [0.1, 0.15) is 36.0 Å². The van der Waals surface area contributed by atoms with Gasteiger partial charge in [0.15, 0.2) is 0 Å². The van der Waals surface area contributed by atoms with E-state index in [1.54, 1.807) is 12.3 Å². The highest BCUT2D eigenvalue weighted by Gasteiger charge is 2.28. The van der Waals surface area contributed by atoms with Crippen molar-refractivity contribution in [1.82, 2.24) is 4.98 Å². The molecule has 0 bridgehead atoms. The van der Waals surface area contributed by atoms with Gasteiger partial charge in [-0.1, -0.05) is 0 Å². The van der Waals surface area contributed by atoms with E-state index in [2.05, 4.69) is 25.8 Å². The van der Waals surface area contributed by atoms with Crippen molar-refractivity contribution in [2.45, 2.75) is 31.7 Å². The molecule has 0 amide bonds. The lowest BCUT2D eigenvalue weighted by atomic mass is 10.1. The fourth-order valence-corrected chi connectivity index (χ4v) is 2.89. The van der Waals surface area contributed by atoms with Gasteiger partial charge in [-0.2, -0.15) is 0 Å². The van der Waals surface area contributed by atoms with Gasteiger partial charge in [0, 0.05) is 29.9 Å². The fourth-order valence-electron chi connectivity index (χ4n) is 2.56. The predicted octanol–water partition coefficient (Wildman–Crippen LogP) is 2.28. The van der Waals surface area contributed by atoms with Crippen LogP contribution < -0.4 is 4.90 Å². The van der Waals surface area contributed by atoms with Gasteiger partial charge in [0.2, 0.25) is 0 Å². The number of aliphatic hydroxyl groups excluding tert-OH is 1. The number of pyridine rings is 1. The molecule has 5 nitrogen and oxygen atoms in total. The molecule has 1 unspecified atom stereocenters. The highest BCUT2D eigenvalue weighted by atomic mass is 79.9. The van der Waals surface area contributed by atoms with Gasteiger partial charge in [-0.25, -0.2) is 9.78 Å². The van der Waals surface area contributed by atoms with Crippen molar-refractivity contribution in [3.63, 3.8) is 0 Å². The van der Waals surface area contributed by atoms with Crippen molar-refractivity contribution in [1.29, 1.82) is 0 Å². The van der Waals surface area contributed by atoms with Crippen LogP contribution in [-0.2, 0) is 0 Å². The maximum atomic E-state index is 11.3. The van der Waals surface area contributed by atoms with Gasteiger partial charge in [-0.3, -0.25) is 0 Å². The molecule has 2 heterocycles. The molecule has 1 fully saturated rings. The first-order chi connectivity index (χ1) is 9.13. The number of carboxylic acids is 1. The fraction of sp³-hybridized carbons (Fsp3) is 0.538. The molecule has 2 N–H and O–H groups in total. The Balaban J connectivity index is 2.27. The molecule has 0 saturated carbocycles. The van der Waals surface area contributed by atoms with Crippen LogP contribution in [0, 0.1) is 0 Å². The number of aromatic carboxylic acids is 1. The number of halogens is 1. The minimum atomic E-state index is -0.961. The van der Waals surface area contributed by atoms with E-state index in [4.69, 9.17) is 5.11 Å². The lowest BCUT2D eigenvalue weighted by Gasteiger charge is -2.26. The van der Waals surface area contributed by atoms with E-state index < -0.39 is 5.97 Å². The van der Waals surface area contributed by atoms with Crippen LogP contribution in [0.4, 0.5) is 5.82 Å². The Morgan fingerprint density at radius 1 is 1.58 bits per heavy atom. The molecule has 1 aliphatic heterocycles. The summed E-state index contributed by atoms with van der Waals surface area (Å²) in [6.07, 6.45) is 5.29. The Hall–Kier alpha value is -1.14. The zero-order valence-corrected chi connectivity index (χ0v) is 12.1. The number of hydrogen-bond acceptors (Lipinski definition) is 4. The lowest BCUT2D eigenvalue weighted by Crippen LogP contribution is -2.31. The molecule has 0 aromatic carbocycles. The number of aliphatic hydroxyl groups is 1. The van der Waals surface area contributed by atoms with Gasteiger partial charge in [0.1, 0.15) is 11.4 Å². The normalized spacial score (nSPS) is 18.8. The van der Waals surface area contributed by atoms with Crippen molar-refractivity contribution in [3.05, 3.63) is 22.3 Å². The van der Waals surface area contributed by atoms with Crippen molar-refractivity contribution in [3.8, 4) is 0 Å². The van der Waals surface area contributed by atoms with Crippen LogP contribution in [0.25, 0.3) is 0 Å². The second-order valence-electron chi connectivity index (χ2n) is 4.69. The summed E-state index contributed by atoms with van der Waals surface area (Å²) in [5, 5.41) is 18.2. The maximum Gasteiger partial charge on any atom is 0.339 e. The maximum absolute atomic E-state index is 11.3. The van der Waals surface area contributed by atoms with Crippen molar-refractivity contribution >= 4 is 27.7 Å². The highest BCUT2D eigenvalue weighted by Crippen LogP contribution is 2.30. The minimum Gasteiger partial charge on any atom is -0.478 e. The van der Waals surface area contributed by atoms with Gasteiger partial charge in [-0.05, 0) is 47.7 Å². The van der Waals surface area contributed by atoms with Crippen LogP contribution in [-0.4, -0.2) is 40.4 Å². The molecule has 0 radical (unpaired) electrons. The summed E-state index contributed by atoms with van der Waals surface area (Å²) >= 11 is 3.25. The number of anilines is 1. The molecule has 0 aliphatic carbocycles. The SMILES string of the molecule is O=C(O)c1cc(Br)cnc1N1CCCC1CCCO. The molecule has 1 aromatic rings. The molecule has 19 heavy (non-hydrogen) atoms. The minimum absolute atomic E-state index is 0.171. The van der Waals surface area contributed by atoms with Gasteiger partial charge < -0.3 is 15.1 Å².